The standard InChI is InChI=1S/C19H19N3O2/c1-14(24-2)15-6-3-8-17(12-15)21-19(23)16-7-4-9-18(13-16)22-11-5-10-20-22/h3-14H,1-2H3,(H,21,23)/t14-/m0/s1. The molecule has 24 heavy (non-hydrogen) atoms. The minimum atomic E-state index is -0.161. The summed E-state index contributed by atoms with van der Waals surface area (Å²) in [7, 11) is 1.66. The van der Waals surface area contributed by atoms with Crippen molar-refractivity contribution in [3.8, 4) is 5.69 Å². The summed E-state index contributed by atoms with van der Waals surface area (Å²) in [5.41, 5.74) is 3.18. The van der Waals surface area contributed by atoms with Crippen LogP contribution in [0.3, 0.4) is 0 Å². The van der Waals surface area contributed by atoms with Gasteiger partial charge in [-0.1, -0.05) is 18.2 Å². The molecule has 0 bridgehead atoms. The molecule has 0 radical (unpaired) electrons. The van der Waals surface area contributed by atoms with E-state index in [0.717, 1.165) is 16.9 Å². The molecule has 0 fully saturated rings. The van der Waals surface area contributed by atoms with Crippen LogP contribution in [0.4, 0.5) is 5.69 Å². The molecular formula is C19H19N3O2. The normalized spacial score (nSPS) is 11.9. The molecule has 0 saturated carbocycles. The lowest BCUT2D eigenvalue weighted by Crippen LogP contribution is -2.12. The molecule has 1 aromatic heterocycles. The van der Waals surface area contributed by atoms with Crippen LogP contribution in [0.5, 0.6) is 0 Å². The number of benzene rings is 2. The number of methoxy groups -OCH3 is 1. The van der Waals surface area contributed by atoms with Gasteiger partial charge in [0.05, 0.1) is 11.8 Å². The van der Waals surface area contributed by atoms with Crippen molar-refractivity contribution in [2.45, 2.75) is 13.0 Å². The lowest BCUT2D eigenvalue weighted by atomic mass is 10.1. The number of carbonyl (C=O) groups is 1. The third kappa shape index (κ3) is 3.52. The highest BCUT2D eigenvalue weighted by atomic mass is 16.5. The fourth-order valence-electron chi connectivity index (χ4n) is 2.42. The van der Waals surface area contributed by atoms with Crippen molar-refractivity contribution in [2.75, 3.05) is 12.4 Å². The van der Waals surface area contributed by atoms with Crippen molar-refractivity contribution < 1.29 is 9.53 Å². The lowest BCUT2D eigenvalue weighted by molar-refractivity contribution is 0.102. The molecule has 122 valence electrons. The van der Waals surface area contributed by atoms with Gasteiger partial charge in [-0.15, -0.1) is 0 Å². The third-order valence-electron chi connectivity index (χ3n) is 3.84. The van der Waals surface area contributed by atoms with Gasteiger partial charge in [0.25, 0.3) is 5.91 Å². The molecule has 0 aliphatic heterocycles. The van der Waals surface area contributed by atoms with E-state index in [2.05, 4.69) is 10.4 Å². The van der Waals surface area contributed by atoms with Crippen LogP contribution >= 0.6 is 0 Å². The van der Waals surface area contributed by atoms with Crippen LogP contribution in [-0.4, -0.2) is 22.8 Å². The zero-order valence-corrected chi connectivity index (χ0v) is 13.6. The largest absolute Gasteiger partial charge is 0.377 e. The van der Waals surface area contributed by atoms with Crippen molar-refractivity contribution >= 4 is 11.6 Å². The van der Waals surface area contributed by atoms with Gasteiger partial charge < -0.3 is 10.1 Å². The van der Waals surface area contributed by atoms with Crippen molar-refractivity contribution in [1.82, 2.24) is 9.78 Å². The Morgan fingerprint density at radius 3 is 2.75 bits per heavy atom. The van der Waals surface area contributed by atoms with Gasteiger partial charge in [0, 0.05) is 30.8 Å². The van der Waals surface area contributed by atoms with E-state index in [-0.39, 0.29) is 12.0 Å². The molecule has 2 aromatic carbocycles. The maximum absolute atomic E-state index is 12.5. The summed E-state index contributed by atoms with van der Waals surface area (Å²) in [6.07, 6.45) is 3.52. The number of rotatable bonds is 5. The first-order valence-corrected chi connectivity index (χ1v) is 7.71. The van der Waals surface area contributed by atoms with Crippen LogP contribution < -0.4 is 5.32 Å². The molecule has 0 aliphatic carbocycles. The average Bonchev–Trinajstić information content (AvgIpc) is 3.16. The van der Waals surface area contributed by atoms with E-state index in [1.54, 1.807) is 24.1 Å². The Kier molecular flexibility index (Phi) is 4.72. The number of amides is 1. The number of hydrogen-bond acceptors (Lipinski definition) is 3. The molecule has 0 aliphatic rings. The summed E-state index contributed by atoms with van der Waals surface area (Å²) < 4.78 is 7.04. The highest BCUT2D eigenvalue weighted by Gasteiger charge is 2.09. The molecule has 3 aromatic rings. The van der Waals surface area contributed by atoms with Crippen LogP contribution in [-0.2, 0) is 4.74 Å². The molecule has 0 unspecified atom stereocenters. The molecule has 5 nitrogen and oxygen atoms in total. The number of ether oxygens (including phenoxy) is 1. The van der Waals surface area contributed by atoms with Gasteiger partial charge in [0.15, 0.2) is 0 Å². The summed E-state index contributed by atoms with van der Waals surface area (Å²) in [6.45, 7) is 1.97. The first kappa shape index (κ1) is 16.0. The topological polar surface area (TPSA) is 56.1 Å². The first-order valence-electron chi connectivity index (χ1n) is 7.71. The number of nitrogens with zero attached hydrogens (tertiary/aromatic N) is 2. The molecule has 1 N–H and O–H groups in total. The van der Waals surface area contributed by atoms with Gasteiger partial charge in [0.2, 0.25) is 0 Å². The predicted molar refractivity (Wildman–Crippen MR) is 93.4 cm³/mol. The van der Waals surface area contributed by atoms with Gasteiger partial charge in [-0.25, -0.2) is 4.68 Å². The van der Waals surface area contributed by atoms with E-state index in [0.29, 0.717) is 5.56 Å². The van der Waals surface area contributed by atoms with Gasteiger partial charge in [-0.05, 0) is 48.9 Å². The first-order chi connectivity index (χ1) is 11.7. The van der Waals surface area contributed by atoms with Crippen molar-refractivity contribution in [3.63, 3.8) is 0 Å². The molecule has 1 amide bonds. The summed E-state index contributed by atoms with van der Waals surface area (Å²) in [4.78, 5) is 12.5. The van der Waals surface area contributed by atoms with Crippen LogP contribution in [0.25, 0.3) is 5.69 Å². The SMILES string of the molecule is CO[C@@H](C)c1cccc(NC(=O)c2cccc(-n3cccn3)c2)c1. The van der Waals surface area contributed by atoms with E-state index in [1.807, 2.05) is 61.7 Å². The van der Waals surface area contributed by atoms with E-state index >= 15 is 0 Å². The highest BCUT2D eigenvalue weighted by Crippen LogP contribution is 2.20. The highest BCUT2D eigenvalue weighted by molar-refractivity contribution is 6.04. The van der Waals surface area contributed by atoms with Crippen LogP contribution in [0, 0.1) is 0 Å². The minimum absolute atomic E-state index is 0.0232. The van der Waals surface area contributed by atoms with Gasteiger partial charge >= 0.3 is 0 Å². The summed E-state index contributed by atoms with van der Waals surface area (Å²) >= 11 is 0. The molecule has 1 heterocycles. The molecule has 1 atom stereocenters. The predicted octanol–water partition coefficient (Wildman–Crippen LogP) is 3.83. The fourth-order valence-corrected chi connectivity index (χ4v) is 2.42. The van der Waals surface area contributed by atoms with E-state index in [4.69, 9.17) is 4.74 Å². The quantitative estimate of drug-likeness (QED) is 0.777. The Bertz CT molecular complexity index is 828. The maximum Gasteiger partial charge on any atom is 0.255 e. The zero-order valence-electron chi connectivity index (χ0n) is 13.6. The summed E-state index contributed by atoms with van der Waals surface area (Å²) in [5, 5.41) is 7.11. The second kappa shape index (κ2) is 7.10. The van der Waals surface area contributed by atoms with Gasteiger partial charge in [0.1, 0.15) is 0 Å². The minimum Gasteiger partial charge on any atom is -0.377 e. The van der Waals surface area contributed by atoms with Crippen LogP contribution in [0.1, 0.15) is 28.9 Å². The molecule has 0 spiro atoms. The third-order valence-corrected chi connectivity index (χ3v) is 3.84. The number of anilines is 1. The Morgan fingerprint density at radius 1 is 1.17 bits per heavy atom. The van der Waals surface area contributed by atoms with E-state index in [1.165, 1.54) is 0 Å². The monoisotopic (exact) mass is 321 g/mol. The Hall–Kier alpha value is -2.92. The Balaban J connectivity index is 1.79. The van der Waals surface area contributed by atoms with Gasteiger partial charge in [-0.2, -0.15) is 5.10 Å². The maximum atomic E-state index is 12.5. The number of nitrogens with one attached hydrogen (secondary N) is 1. The second-order valence-corrected chi connectivity index (χ2v) is 5.46. The number of carbonyl (C=O) groups excluding carboxylic acids is 1. The molecular weight excluding hydrogens is 302 g/mol. The van der Waals surface area contributed by atoms with Crippen LogP contribution in [0.2, 0.25) is 0 Å². The average molecular weight is 321 g/mol. The Morgan fingerprint density at radius 2 is 2.00 bits per heavy atom. The van der Waals surface area contributed by atoms with E-state index < -0.39 is 0 Å². The van der Waals surface area contributed by atoms with Crippen molar-refractivity contribution in [2.24, 2.45) is 0 Å². The summed E-state index contributed by atoms with van der Waals surface area (Å²) in [5.74, 6) is -0.161. The fraction of sp³-hybridized carbons (Fsp3) is 0.158. The lowest BCUT2D eigenvalue weighted by Gasteiger charge is -2.12. The van der Waals surface area contributed by atoms with E-state index in [9.17, 15) is 4.79 Å². The molecule has 0 saturated heterocycles. The zero-order chi connectivity index (χ0) is 16.9. The van der Waals surface area contributed by atoms with Gasteiger partial charge in [-0.3, -0.25) is 4.79 Å². The smallest absolute Gasteiger partial charge is 0.255 e. The molecule has 3 rings (SSSR count). The van der Waals surface area contributed by atoms with Crippen molar-refractivity contribution in [1.29, 1.82) is 0 Å². The van der Waals surface area contributed by atoms with Crippen molar-refractivity contribution in [3.05, 3.63) is 78.1 Å². The Labute approximate surface area is 140 Å². The summed E-state index contributed by atoms with van der Waals surface area (Å²) in [6, 6.07) is 16.8. The number of aromatic nitrogens is 2. The second-order valence-electron chi connectivity index (χ2n) is 5.46. The number of hydrogen-bond donors (Lipinski definition) is 1. The van der Waals surface area contributed by atoms with Crippen LogP contribution in [0.15, 0.2) is 67.0 Å². The molecule has 5 heteroatoms.